The summed E-state index contributed by atoms with van der Waals surface area (Å²) in [5.41, 5.74) is 1.12. The Hall–Kier alpha value is 0.425. The molecule has 0 unspecified atom stereocenters. The Labute approximate surface area is 198 Å². The molecular formula is C19H34N3W3-. The van der Waals surface area contributed by atoms with E-state index in [1.807, 2.05) is 90.3 Å². The Morgan fingerprint density at radius 1 is 1.12 bits per heavy atom. The molecule has 0 heterocycles. The van der Waals surface area contributed by atoms with Crippen LogP contribution in [0.2, 0.25) is 0 Å². The van der Waals surface area contributed by atoms with E-state index in [1.54, 1.807) is 18.0 Å². The van der Waals surface area contributed by atoms with Crippen LogP contribution in [0.25, 0.3) is 0 Å². The van der Waals surface area contributed by atoms with Gasteiger partial charge in [0.25, 0.3) is 0 Å². The third-order valence-corrected chi connectivity index (χ3v) is 2.45. The summed E-state index contributed by atoms with van der Waals surface area (Å²) in [6.07, 6.45) is 11.0. The van der Waals surface area contributed by atoms with E-state index in [4.69, 9.17) is 6.58 Å². The summed E-state index contributed by atoms with van der Waals surface area (Å²) in [5, 5.41) is 5.47. The van der Waals surface area contributed by atoms with Gasteiger partial charge in [-0.2, -0.15) is 27.7 Å². The average molecular weight is 856 g/mol. The van der Waals surface area contributed by atoms with E-state index in [0.717, 1.165) is 5.57 Å². The first-order valence-electron chi connectivity index (χ1n) is 7.52. The minimum atomic E-state index is 0. The number of hydrogen-bond donors (Lipinski definition) is 0. The van der Waals surface area contributed by atoms with Crippen molar-refractivity contribution in [2.24, 2.45) is 5.10 Å². The van der Waals surface area contributed by atoms with Gasteiger partial charge in [0.1, 0.15) is 0 Å². The molecule has 0 aromatic rings. The van der Waals surface area contributed by atoms with Crippen molar-refractivity contribution in [1.82, 2.24) is 9.91 Å². The second-order valence-electron chi connectivity index (χ2n) is 3.71. The summed E-state index contributed by atoms with van der Waals surface area (Å²) in [6.45, 7) is 22.5. The summed E-state index contributed by atoms with van der Waals surface area (Å²) < 4.78 is 2.04. The van der Waals surface area contributed by atoms with Gasteiger partial charge in [0.05, 0.1) is 0 Å². The molecule has 144 valence electrons. The third-order valence-electron chi connectivity index (χ3n) is 1.97. The van der Waals surface area contributed by atoms with Crippen LogP contribution in [-0.2, 0) is 61.5 Å². The summed E-state index contributed by atoms with van der Waals surface area (Å²) in [6, 6.07) is 0. The number of allylic oxidation sites excluding steroid dienone is 4. The van der Waals surface area contributed by atoms with Gasteiger partial charge in [-0.05, 0) is 14.1 Å². The van der Waals surface area contributed by atoms with Crippen LogP contribution in [0.15, 0.2) is 29.0 Å². The van der Waals surface area contributed by atoms with Crippen LogP contribution in [-0.4, -0.2) is 34.6 Å². The van der Waals surface area contributed by atoms with Gasteiger partial charge in [0.15, 0.2) is 0 Å². The Kier molecular flexibility index (Phi) is 63.5. The molecule has 0 fully saturated rings. The van der Waals surface area contributed by atoms with Gasteiger partial charge in [-0.3, -0.25) is 0 Å². The molecule has 6 heteroatoms. The molecule has 0 rings (SSSR count). The molecular weight excluding hydrogens is 822 g/mol. The SMILES string of the molecule is CC.C[C-]=CN(C)[CH-]C.C[C-]=NN(C)[CH-]C.[CH-]=CC(C)=C[CH]=[W].[W+2].[W+2]. The van der Waals surface area contributed by atoms with Crippen molar-refractivity contribution in [2.75, 3.05) is 14.1 Å². The van der Waals surface area contributed by atoms with Crippen LogP contribution in [0, 0.1) is 25.7 Å². The molecule has 0 aliphatic heterocycles. The molecule has 3 nitrogen and oxygen atoms in total. The zero-order valence-electron chi connectivity index (χ0n) is 17.1. The molecule has 0 bridgehead atoms. The first-order valence-corrected chi connectivity index (χ1v) is 9.21. The molecule has 0 N–H and O–H groups in total. The van der Waals surface area contributed by atoms with Crippen LogP contribution in [0.4, 0.5) is 0 Å². The standard InChI is InChI=1S/C6H11N.C6H7.C5H10N2.C2H6.3W/c1-4-6-7(3)5-2;1-4-6(3)5-2;1-4-6-7(3)5-2;1-2;;;/h5-6H,1-3H3;1-2,4-5H,3H3;5H,1-3H3;1-2H3;;;/q-2;-1;-2;;;2*+2. The van der Waals surface area contributed by atoms with Crippen molar-refractivity contribution < 1.29 is 61.5 Å². The quantitative estimate of drug-likeness (QED) is 0.167. The van der Waals surface area contributed by atoms with Gasteiger partial charge < -0.3 is 27.3 Å². The van der Waals surface area contributed by atoms with Gasteiger partial charge in [-0.1, -0.05) is 13.8 Å². The first kappa shape index (κ1) is 40.2. The molecule has 0 radical (unpaired) electrons. The number of hydrazone groups is 1. The second kappa shape index (κ2) is 39.5. The van der Waals surface area contributed by atoms with Gasteiger partial charge in [0, 0.05) is 0 Å². The van der Waals surface area contributed by atoms with Crippen molar-refractivity contribution in [3.05, 3.63) is 49.7 Å². The fourth-order valence-corrected chi connectivity index (χ4v) is 1.43. The molecule has 0 aliphatic carbocycles. The third kappa shape index (κ3) is 51.6. The minimum Gasteiger partial charge on any atom is 2.00 e. The van der Waals surface area contributed by atoms with E-state index in [-0.39, 0.29) is 42.1 Å². The Morgan fingerprint density at radius 3 is 1.72 bits per heavy atom. The van der Waals surface area contributed by atoms with E-state index in [0.29, 0.717) is 0 Å². The summed E-state index contributed by atoms with van der Waals surface area (Å²) >= 11 is 1.45. The maximum Gasteiger partial charge on any atom is 2.00 e. The maximum absolute atomic E-state index is 5.15. The topological polar surface area (TPSA) is 18.8 Å². The number of hydrogen-bond acceptors (Lipinski definition) is 3. The maximum atomic E-state index is 5.15. The molecule has 0 amide bonds. The predicted octanol–water partition coefficient (Wildman–Crippen LogP) is 4.71. The van der Waals surface area contributed by atoms with E-state index >= 15 is 0 Å². The van der Waals surface area contributed by atoms with Crippen LogP contribution in [0.3, 0.4) is 0 Å². The van der Waals surface area contributed by atoms with Crippen LogP contribution in [0.5, 0.6) is 0 Å². The van der Waals surface area contributed by atoms with E-state index in [9.17, 15) is 0 Å². The van der Waals surface area contributed by atoms with Crippen molar-refractivity contribution in [3.8, 4) is 0 Å². The van der Waals surface area contributed by atoms with Crippen molar-refractivity contribution in [1.29, 1.82) is 0 Å². The summed E-state index contributed by atoms with van der Waals surface area (Å²) in [7, 11) is 3.83. The molecule has 0 aromatic carbocycles. The first-order chi connectivity index (χ1) is 10.9. The zero-order chi connectivity index (χ0) is 19.1. The van der Waals surface area contributed by atoms with Gasteiger partial charge in [-0.15, -0.1) is 0 Å². The Morgan fingerprint density at radius 2 is 1.60 bits per heavy atom. The molecule has 0 saturated heterocycles. The van der Waals surface area contributed by atoms with Gasteiger partial charge in [-0.25, -0.2) is 19.3 Å². The monoisotopic (exact) mass is 856 g/mol. The smallest absolute Gasteiger partial charge is 2.00 e. The number of nitrogens with zero attached hydrogens (tertiary/aromatic N) is 3. The van der Waals surface area contributed by atoms with E-state index in [1.165, 1.54) is 19.4 Å². The van der Waals surface area contributed by atoms with Crippen LogP contribution >= 0.6 is 0 Å². The molecule has 0 aliphatic rings. The van der Waals surface area contributed by atoms with Crippen LogP contribution < -0.4 is 0 Å². The molecule has 0 saturated carbocycles. The zero-order valence-corrected chi connectivity index (χ0v) is 25.9. The molecule has 0 atom stereocenters. The van der Waals surface area contributed by atoms with Gasteiger partial charge in [0.2, 0.25) is 0 Å². The van der Waals surface area contributed by atoms with Crippen molar-refractivity contribution in [3.63, 3.8) is 0 Å². The largest absolute Gasteiger partial charge is 2.00 e. The fraction of sp³-hybridized carbons (Fsp3) is 0.474. The molecule has 0 spiro atoms. The average Bonchev–Trinajstić information content (AvgIpc) is 2.58. The summed E-state index contributed by atoms with van der Waals surface area (Å²) in [5.74, 6) is 0. The van der Waals surface area contributed by atoms with Crippen molar-refractivity contribution in [2.45, 2.75) is 48.5 Å². The van der Waals surface area contributed by atoms with E-state index in [2.05, 4.69) is 17.4 Å². The predicted molar refractivity (Wildman–Crippen MR) is 102 cm³/mol. The van der Waals surface area contributed by atoms with E-state index < -0.39 is 0 Å². The fourth-order valence-electron chi connectivity index (χ4n) is 0.657. The Balaban J connectivity index is -0.0000000496. The molecule has 25 heavy (non-hydrogen) atoms. The van der Waals surface area contributed by atoms with Crippen molar-refractivity contribution >= 4 is 10.6 Å². The van der Waals surface area contributed by atoms with Gasteiger partial charge >= 0.3 is 97.1 Å². The molecule has 0 aromatic heterocycles. The second-order valence-corrected chi connectivity index (χ2v) is 4.69. The normalized spacial score (nSPS) is 8.92. The number of rotatable bonds is 6. The minimum absolute atomic E-state index is 0. The Bertz CT molecular complexity index is 310. The summed E-state index contributed by atoms with van der Waals surface area (Å²) in [4.78, 5) is 1.94. The van der Waals surface area contributed by atoms with Crippen LogP contribution in [0.1, 0.15) is 48.5 Å².